The van der Waals surface area contributed by atoms with Gasteiger partial charge in [0.1, 0.15) is 0 Å². The standard InChI is InChI=1S/C17H27N3O/c1-13-10-19-8-2-3-16(19)11-20(13)12-17(21)15-6-4-14(9-18)5-7-15/h4-7,13,16-17,21H,2-3,8-12,18H2,1H3. The summed E-state index contributed by atoms with van der Waals surface area (Å²) in [6.45, 7) is 7.05. The maximum absolute atomic E-state index is 10.5. The van der Waals surface area contributed by atoms with Gasteiger partial charge in [0.05, 0.1) is 6.10 Å². The van der Waals surface area contributed by atoms with Crippen molar-refractivity contribution in [1.29, 1.82) is 0 Å². The normalized spacial score (nSPS) is 28.5. The molecule has 2 saturated heterocycles. The van der Waals surface area contributed by atoms with Crippen molar-refractivity contribution in [3.05, 3.63) is 35.4 Å². The van der Waals surface area contributed by atoms with Crippen LogP contribution in [0.3, 0.4) is 0 Å². The third-order valence-electron chi connectivity index (χ3n) is 5.07. The van der Waals surface area contributed by atoms with Crippen LogP contribution >= 0.6 is 0 Å². The van der Waals surface area contributed by atoms with Crippen LogP contribution in [0.1, 0.15) is 37.0 Å². The molecule has 0 radical (unpaired) electrons. The van der Waals surface area contributed by atoms with E-state index in [4.69, 9.17) is 5.73 Å². The van der Waals surface area contributed by atoms with Gasteiger partial charge in [0.2, 0.25) is 0 Å². The number of aliphatic hydroxyl groups is 1. The van der Waals surface area contributed by atoms with Crippen LogP contribution in [0.2, 0.25) is 0 Å². The van der Waals surface area contributed by atoms with Gasteiger partial charge < -0.3 is 10.8 Å². The maximum atomic E-state index is 10.5. The number of hydrogen-bond acceptors (Lipinski definition) is 4. The van der Waals surface area contributed by atoms with Crippen molar-refractivity contribution in [1.82, 2.24) is 9.80 Å². The molecule has 4 heteroatoms. The van der Waals surface area contributed by atoms with Crippen molar-refractivity contribution < 1.29 is 5.11 Å². The van der Waals surface area contributed by atoms with E-state index < -0.39 is 6.10 Å². The summed E-state index contributed by atoms with van der Waals surface area (Å²) in [7, 11) is 0. The summed E-state index contributed by atoms with van der Waals surface area (Å²) in [5.41, 5.74) is 7.72. The fraction of sp³-hybridized carbons (Fsp3) is 0.647. The summed E-state index contributed by atoms with van der Waals surface area (Å²) in [6, 6.07) is 9.26. The van der Waals surface area contributed by atoms with Gasteiger partial charge in [-0.3, -0.25) is 9.80 Å². The van der Waals surface area contributed by atoms with Crippen LogP contribution in [-0.2, 0) is 6.54 Å². The van der Waals surface area contributed by atoms with Gasteiger partial charge >= 0.3 is 0 Å². The van der Waals surface area contributed by atoms with Gasteiger partial charge in [0, 0.05) is 38.3 Å². The van der Waals surface area contributed by atoms with Gasteiger partial charge in [-0.15, -0.1) is 0 Å². The molecule has 0 amide bonds. The Kier molecular flexibility index (Phi) is 4.60. The Labute approximate surface area is 127 Å². The molecule has 0 aromatic heterocycles. The van der Waals surface area contributed by atoms with Crippen LogP contribution in [-0.4, -0.2) is 53.2 Å². The van der Waals surface area contributed by atoms with Crippen LogP contribution < -0.4 is 5.73 Å². The summed E-state index contributed by atoms with van der Waals surface area (Å²) >= 11 is 0. The Balaban J connectivity index is 1.61. The minimum Gasteiger partial charge on any atom is -0.387 e. The molecule has 3 N–H and O–H groups in total. The van der Waals surface area contributed by atoms with Crippen molar-refractivity contribution in [2.24, 2.45) is 5.73 Å². The number of β-amino-alcohol motifs (C(OH)–C–C–N with tert-alkyl or cyclic N) is 1. The molecule has 2 heterocycles. The van der Waals surface area contributed by atoms with Gasteiger partial charge in [-0.25, -0.2) is 0 Å². The molecular formula is C17H27N3O. The fourth-order valence-corrected chi connectivity index (χ4v) is 3.71. The Morgan fingerprint density at radius 2 is 2.05 bits per heavy atom. The number of fused-ring (bicyclic) bond motifs is 1. The van der Waals surface area contributed by atoms with Gasteiger partial charge in [-0.2, -0.15) is 0 Å². The minimum absolute atomic E-state index is 0.410. The van der Waals surface area contributed by atoms with Gasteiger partial charge in [0.15, 0.2) is 0 Å². The van der Waals surface area contributed by atoms with E-state index in [9.17, 15) is 5.11 Å². The molecule has 3 atom stereocenters. The Morgan fingerprint density at radius 3 is 2.76 bits per heavy atom. The summed E-state index contributed by atoms with van der Waals surface area (Å²) < 4.78 is 0. The van der Waals surface area contributed by atoms with Gasteiger partial charge in [-0.1, -0.05) is 24.3 Å². The van der Waals surface area contributed by atoms with Crippen LogP contribution in [0.5, 0.6) is 0 Å². The molecule has 2 aliphatic heterocycles. The molecule has 0 saturated carbocycles. The highest BCUT2D eigenvalue weighted by atomic mass is 16.3. The number of benzene rings is 1. The van der Waals surface area contributed by atoms with E-state index in [2.05, 4.69) is 16.7 Å². The third kappa shape index (κ3) is 3.29. The number of piperazine rings is 1. The number of nitrogens with zero attached hydrogens (tertiary/aromatic N) is 2. The fourth-order valence-electron chi connectivity index (χ4n) is 3.71. The first-order valence-electron chi connectivity index (χ1n) is 8.12. The monoisotopic (exact) mass is 289 g/mol. The second-order valence-corrected chi connectivity index (χ2v) is 6.56. The molecule has 0 spiro atoms. The second-order valence-electron chi connectivity index (χ2n) is 6.56. The summed E-state index contributed by atoms with van der Waals surface area (Å²) in [6.07, 6.45) is 2.23. The molecule has 0 aliphatic carbocycles. The first-order chi connectivity index (χ1) is 10.2. The third-order valence-corrected chi connectivity index (χ3v) is 5.07. The minimum atomic E-state index is -0.410. The zero-order valence-corrected chi connectivity index (χ0v) is 12.9. The Bertz CT molecular complexity index is 462. The van der Waals surface area contributed by atoms with Crippen molar-refractivity contribution in [3.8, 4) is 0 Å². The van der Waals surface area contributed by atoms with Crippen molar-refractivity contribution >= 4 is 0 Å². The van der Waals surface area contributed by atoms with E-state index in [1.165, 1.54) is 19.4 Å². The average Bonchev–Trinajstić information content (AvgIpc) is 2.94. The lowest BCUT2D eigenvalue weighted by atomic mass is 10.0. The molecule has 0 bridgehead atoms. The maximum Gasteiger partial charge on any atom is 0.0917 e. The largest absolute Gasteiger partial charge is 0.387 e. The van der Waals surface area contributed by atoms with Crippen LogP contribution in [0.25, 0.3) is 0 Å². The summed E-state index contributed by atoms with van der Waals surface area (Å²) in [5, 5.41) is 10.5. The molecule has 3 unspecified atom stereocenters. The zero-order valence-electron chi connectivity index (χ0n) is 12.9. The highest BCUT2D eigenvalue weighted by Gasteiger charge is 2.34. The predicted molar refractivity (Wildman–Crippen MR) is 84.9 cm³/mol. The molecule has 2 aliphatic rings. The van der Waals surface area contributed by atoms with Gasteiger partial charge in [-0.05, 0) is 37.4 Å². The van der Waals surface area contributed by atoms with E-state index in [0.717, 1.165) is 30.8 Å². The van der Waals surface area contributed by atoms with Crippen LogP contribution in [0.15, 0.2) is 24.3 Å². The number of nitrogens with two attached hydrogens (primary N) is 1. The molecule has 3 rings (SSSR count). The average molecular weight is 289 g/mol. The molecular weight excluding hydrogens is 262 g/mol. The molecule has 2 fully saturated rings. The highest BCUT2D eigenvalue weighted by molar-refractivity contribution is 5.24. The lowest BCUT2D eigenvalue weighted by molar-refractivity contribution is 0.0226. The molecule has 21 heavy (non-hydrogen) atoms. The number of hydrogen-bond donors (Lipinski definition) is 2. The number of rotatable bonds is 4. The highest BCUT2D eigenvalue weighted by Crippen LogP contribution is 2.26. The van der Waals surface area contributed by atoms with Crippen molar-refractivity contribution in [2.45, 2.75) is 44.5 Å². The second kappa shape index (κ2) is 6.44. The number of aliphatic hydroxyl groups excluding tert-OH is 1. The lowest BCUT2D eigenvalue weighted by Gasteiger charge is -2.43. The Hall–Kier alpha value is -0.940. The Morgan fingerprint density at radius 1 is 1.29 bits per heavy atom. The molecule has 116 valence electrons. The quantitative estimate of drug-likeness (QED) is 0.878. The molecule has 1 aromatic rings. The van der Waals surface area contributed by atoms with E-state index in [1.54, 1.807) is 0 Å². The van der Waals surface area contributed by atoms with Crippen LogP contribution in [0, 0.1) is 0 Å². The molecule has 4 nitrogen and oxygen atoms in total. The van der Waals surface area contributed by atoms with Crippen LogP contribution in [0.4, 0.5) is 0 Å². The molecule has 1 aromatic carbocycles. The van der Waals surface area contributed by atoms with Crippen molar-refractivity contribution in [2.75, 3.05) is 26.2 Å². The van der Waals surface area contributed by atoms with Crippen molar-refractivity contribution in [3.63, 3.8) is 0 Å². The zero-order chi connectivity index (χ0) is 14.8. The first kappa shape index (κ1) is 15.0. The summed E-state index contributed by atoms with van der Waals surface area (Å²) in [4.78, 5) is 5.07. The lowest BCUT2D eigenvalue weighted by Crippen LogP contribution is -2.55. The SMILES string of the molecule is CC1CN2CCCC2CN1CC(O)c1ccc(CN)cc1. The first-order valence-corrected chi connectivity index (χ1v) is 8.12. The van der Waals surface area contributed by atoms with E-state index in [0.29, 0.717) is 18.6 Å². The summed E-state index contributed by atoms with van der Waals surface area (Å²) in [5.74, 6) is 0. The van der Waals surface area contributed by atoms with E-state index >= 15 is 0 Å². The topological polar surface area (TPSA) is 52.7 Å². The smallest absolute Gasteiger partial charge is 0.0917 e. The van der Waals surface area contributed by atoms with E-state index in [-0.39, 0.29) is 0 Å². The predicted octanol–water partition coefficient (Wildman–Crippen LogP) is 1.35. The van der Waals surface area contributed by atoms with Gasteiger partial charge in [0.25, 0.3) is 0 Å². The van der Waals surface area contributed by atoms with E-state index in [1.807, 2.05) is 24.3 Å².